The highest BCUT2D eigenvalue weighted by Gasteiger charge is 1.99. The quantitative estimate of drug-likeness (QED) is 0.693. The lowest BCUT2D eigenvalue weighted by molar-refractivity contribution is 0.177. The minimum absolute atomic E-state index is 0.410. The Labute approximate surface area is 80.6 Å². The van der Waals surface area contributed by atoms with E-state index >= 15 is 0 Å². The predicted molar refractivity (Wildman–Crippen MR) is 47.7 cm³/mol. The first-order chi connectivity index (χ1) is 6.90. The van der Waals surface area contributed by atoms with E-state index in [0.717, 1.165) is 5.69 Å². The highest BCUT2D eigenvalue weighted by atomic mass is 16.5. The maximum atomic E-state index is 4.90. The molecular formula is C8H9N5O. The molecule has 72 valence electrons. The molecule has 6 heteroatoms. The summed E-state index contributed by atoms with van der Waals surface area (Å²) in [7, 11) is 1.60. The second-order valence-corrected chi connectivity index (χ2v) is 2.61. The van der Waals surface area contributed by atoms with Gasteiger partial charge in [0.2, 0.25) is 0 Å². The fourth-order valence-electron chi connectivity index (χ4n) is 1.00. The Bertz CT molecular complexity index is 383. The van der Waals surface area contributed by atoms with Crippen LogP contribution in [0.4, 0.5) is 0 Å². The van der Waals surface area contributed by atoms with E-state index in [9.17, 15) is 0 Å². The van der Waals surface area contributed by atoms with Crippen molar-refractivity contribution in [3.05, 3.63) is 30.6 Å². The van der Waals surface area contributed by atoms with Gasteiger partial charge in [-0.25, -0.2) is 9.97 Å². The summed E-state index contributed by atoms with van der Waals surface area (Å²) in [5, 5.41) is 7.91. The second-order valence-electron chi connectivity index (χ2n) is 2.61. The van der Waals surface area contributed by atoms with Crippen LogP contribution < -0.4 is 0 Å². The Hall–Kier alpha value is -1.82. The summed E-state index contributed by atoms with van der Waals surface area (Å²) in [5.41, 5.74) is 0.731. The summed E-state index contributed by atoms with van der Waals surface area (Å²) >= 11 is 0. The van der Waals surface area contributed by atoms with Gasteiger partial charge in [-0.15, -0.1) is 4.80 Å². The Kier molecular flexibility index (Phi) is 2.46. The lowest BCUT2D eigenvalue weighted by atomic mass is 10.5. The van der Waals surface area contributed by atoms with Crippen molar-refractivity contribution in [1.29, 1.82) is 0 Å². The van der Waals surface area contributed by atoms with E-state index in [1.165, 1.54) is 4.80 Å². The van der Waals surface area contributed by atoms with Gasteiger partial charge in [0.15, 0.2) is 5.82 Å². The van der Waals surface area contributed by atoms with Gasteiger partial charge in [0, 0.05) is 7.11 Å². The third-order valence-corrected chi connectivity index (χ3v) is 1.61. The maximum Gasteiger partial charge on any atom is 0.153 e. The zero-order valence-corrected chi connectivity index (χ0v) is 7.66. The molecule has 2 rings (SSSR count). The lowest BCUT2D eigenvalue weighted by Crippen LogP contribution is -2.02. The molecule has 0 unspecified atom stereocenters. The monoisotopic (exact) mass is 191 g/mol. The molecule has 0 aliphatic rings. The van der Waals surface area contributed by atoms with E-state index < -0.39 is 0 Å². The molecule has 14 heavy (non-hydrogen) atoms. The number of ether oxygens (including phenoxy) is 1. The van der Waals surface area contributed by atoms with E-state index in [0.29, 0.717) is 12.4 Å². The van der Waals surface area contributed by atoms with Crippen molar-refractivity contribution in [3.63, 3.8) is 0 Å². The minimum Gasteiger partial charge on any atom is -0.377 e. The van der Waals surface area contributed by atoms with Gasteiger partial charge in [-0.2, -0.15) is 10.2 Å². The molecule has 0 aliphatic carbocycles. The molecule has 2 aromatic heterocycles. The summed E-state index contributed by atoms with van der Waals surface area (Å²) < 4.78 is 4.90. The normalized spacial score (nSPS) is 10.4. The third kappa shape index (κ3) is 1.74. The van der Waals surface area contributed by atoms with Crippen LogP contribution in [0.3, 0.4) is 0 Å². The number of hydrogen-bond acceptors (Lipinski definition) is 5. The average molecular weight is 191 g/mol. The average Bonchev–Trinajstić information content (AvgIpc) is 2.72. The summed E-state index contributed by atoms with van der Waals surface area (Å²) in [6.45, 7) is 0.410. The van der Waals surface area contributed by atoms with Crippen molar-refractivity contribution >= 4 is 0 Å². The zero-order valence-electron chi connectivity index (χ0n) is 7.66. The van der Waals surface area contributed by atoms with Crippen molar-refractivity contribution in [2.75, 3.05) is 7.11 Å². The van der Waals surface area contributed by atoms with Gasteiger partial charge in [-0.1, -0.05) is 0 Å². The van der Waals surface area contributed by atoms with Crippen LogP contribution in [0.1, 0.15) is 5.82 Å². The molecule has 0 radical (unpaired) electrons. The van der Waals surface area contributed by atoms with Crippen LogP contribution in [-0.2, 0) is 11.3 Å². The van der Waals surface area contributed by atoms with Crippen molar-refractivity contribution in [1.82, 2.24) is 25.0 Å². The number of hydrogen-bond donors (Lipinski definition) is 0. The van der Waals surface area contributed by atoms with Crippen LogP contribution in [-0.4, -0.2) is 32.1 Å². The molecule has 0 N–H and O–H groups in total. The van der Waals surface area contributed by atoms with E-state index in [2.05, 4.69) is 20.2 Å². The van der Waals surface area contributed by atoms with Gasteiger partial charge in [0.05, 0.1) is 24.8 Å². The highest BCUT2D eigenvalue weighted by Crippen LogP contribution is 2.00. The first-order valence-electron chi connectivity index (χ1n) is 4.06. The van der Waals surface area contributed by atoms with Crippen molar-refractivity contribution < 1.29 is 4.74 Å². The number of methoxy groups -OCH3 is 1. The topological polar surface area (TPSA) is 65.7 Å². The van der Waals surface area contributed by atoms with E-state index in [1.807, 2.05) is 0 Å². The van der Waals surface area contributed by atoms with Crippen LogP contribution in [0.2, 0.25) is 0 Å². The molecule has 0 saturated heterocycles. The van der Waals surface area contributed by atoms with Crippen LogP contribution in [0.25, 0.3) is 5.69 Å². The van der Waals surface area contributed by atoms with Crippen LogP contribution in [0.5, 0.6) is 0 Å². The Morgan fingerprint density at radius 3 is 2.43 bits per heavy atom. The van der Waals surface area contributed by atoms with E-state index in [1.54, 1.807) is 31.9 Å². The molecule has 0 aromatic carbocycles. The fraction of sp³-hybridized carbons (Fsp3) is 0.250. The van der Waals surface area contributed by atoms with Gasteiger partial charge >= 0.3 is 0 Å². The molecule has 6 nitrogen and oxygen atoms in total. The SMILES string of the molecule is COCc1ncc(-n2nccn2)cn1. The Balaban J connectivity index is 2.22. The fourth-order valence-corrected chi connectivity index (χ4v) is 1.00. The summed E-state index contributed by atoms with van der Waals surface area (Å²) in [5.74, 6) is 0.642. The van der Waals surface area contributed by atoms with Crippen molar-refractivity contribution in [3.8, 4) is 5.69 Å². The predicted octanol–water partition coefficient (Wildman–Crippen LogP) is 0.204. The number of nitrogens with zero attached hydrogens (tertiary/aromatic N) is 5. The number of aromatic nitrogens is 5. The molecule has 0 fully saturated rings. The third-order valence-electron chi connectivity index (χ3n) is 1.61. The summed E-state index contributed by atoms with van der Waals surface area (Å²) in [4.78, 5) is 9.63. The van der Waals surface area contributed by atoms with Gasteiger partial charge < -0.3 is 4.74 Å². The molecule has 0 bridgehead atoms. The van der Waals surface area contributed by atoms with E-state index in [-0.39, 0.29) is 0 Å². The summed E-state index contributed by atoms with van der Waals surface area (Å²) in [6, 6.07) is 0. The first-order valence-corrected chi connectivity index (χ1v) is 4.06. The summed E-state index contributed by atoms with van der Waals surface area (Å²) in [6.07, 6.45) is 6.51. The lowest BCUT2D eigenvalue weighted by Gasteiger charge is -2.00. The van der Waals surface area contributed by atoms with Crippen LogP contribution in [0, 0.1) is 0 Å². The molecule has 0 saturated carbocycles. The molecule has 0 amide bonds. The molecular weight excluding hydrogens is 182 g/mol. The van der Waals surface area contributed by atoms with Crippen LogP contribution in [0.15, 0.2) is 24.8 Å². The van der Waals surface area contributed by atoms with Gasteiger partial charge in [-0.3, -0.25) is 0 Å². The standard InChI is InChI=1S/C8H9N5O/c1-14-6-8-9-4-7(5-10-8)13-11-2-3-12-13/h2-5H,6H2,1H3. The minimum atomic E-state index is 0.410. The molecule has 0 atom stereocenters. The Morgan fingerprint density at radius 1 is 1.21 bits per heavy atom. The van der Waals surface area contributed by atoms with Crippen LogP contribution >= 0.6 is 0 Å². The first kappa shape index (κ1) is 8.76. The molecule has 2 heterocycles. The second kappa shape index (κ2) is 3.93. The highest BCUT2D eigenvalue weighted by molar-refractivity contribution is 5.20. The van der Waals surface area contributed by atoms with Gasteiger partial charge in [0.1, 0.15) is 12.3 Å². The maximum absolute atomic E-state index is 4.90. The molecule has 0 spiro atoms. The molecule has 2 aromatic rings. The van der Waals surface area contributed by atoms with E-state index in [4.69, 9.17) is 4.74 Å². The Morgan fingerprint density at radius 2 is 1.86 bits per heavy atom. The molecule has 0 aliphatic heterocycles. The van der Waals surface area contributed by atoms with Gasteiger partial charge in [0.25, 0.3) is 0 Å². The van der Waals surface area contributed by atoms with Crippen molar-refractivity contribution in [2.24, 2.45) is 0 Å². The smallest absolute Gasteiger partial charge is 0.153 e. The largest absolute Gasteiger partial charge is 0.377 e. The zero-order chi connectivity index (χ0) is 9.80. The van der Waals surface area contributed by atoms with Crippen molar-refractivity contribution in [2.45, 2.75) is 6.61 Å². The van der Waals surface area contributed by atoms with Gasteiger partial charge in [-0.05, 0) is 0 Å². The number of rotatable bonds is 3.